The first kappa shape index (κ1) is 23.9. The van der Waals surface area contributed by atoms with Gasteiger partial charge < -0.3 is 18.8 Å². The third-order valence-electron chi connectivity index (χ3n) is 4.53. The summed E-state index contributed by atoms with van der Waals surface area (Å²) < 4.78 is 24.5. The Morgan fingerprint density at radius 1 is 0.774 bits per heavy atom. The highest BCUT2D eigenvalue weighted by molar-refractivity contribution is 7.00. The van der Waals surface area contributed by atoms with Crippen LogP contribution in [0.15, 0.2) is 78.9 Å². The molecule has 0 aromatic heterocycles. The zero-order chi connectivity index (χ0) is 22.6. The van der Waals surface area contributed by atoms with Gasteiger partial charge in [-0.2, -0.15) is 0 Å². The maximum Gasteiger partial charge on any atom is 0.321 e. The van der Waals surface area contributed by atoms with E-state index in [9.17, 15) is 9.59 Å². The highest BCUT2D eigenvalue weighted by atomic mass is 31.0. The van der Waals surface area contributed by atoms with E-state index in [0.29, 0.717) is 26.2 Å². The summed E-state index contributed by atoms with van der Waals surface area (Å²) in [6.45, 7) is 0.0827. The SMILES string of the molecule is COc1cccc(OC)c1C(=O)C(C(=O)OCc1ccccc1)c1ccccc1.O=[PH3]. The third-order valence-corrected chi connectivity index (χ3v) is 4.53. The van der Waals surface area contributed by atoms with Crippen LogP contribution in [0, 0.1) is 0 Å². The van der Waals surface area contributed by atoms with Gasteiger partial charge in [0.1, 0.15) is 29.6 Å². The standard InChI is InChI=1S/C24H22O5.H3OP/c1-27-19-14-9-15-20(28-2)22(19)23(25)21(18-12-7-4-8-13-18)24(26)29-16-17-10-5-3-6-11-17;1-2/h3-15,21H,16H2,1-2H3;2H3. The Labute approximate surface area is 183 Å². The number of ether oxygens (including phenoxy) is 3. The van der Waals surface area contributed by atoms with Gasteiger partial charge in [-0.05, 0) is 23.3 Å². The molecule has 3 aromatic rings. The van der Waals surface area contributed by atoms with Crippen molar-refractivity contribution < 1.29 is 28.4 Å². The summed E-state index contributed by atoms with van der Waals surface area (Å²) in [5.74, 6) is -1.52. The van der Waals surface area contributed by atoms with Crippen molar-refractivity contribution in [1.82, 2.24) is 0 Å². The van der Waals surface area contributed by atoms with Crippen LogP contribution in [0.2, 0.25) is 0 Å². The molecule has 31 heavy (non-hydrogen) atoms. The molecule has 0 spiro atoms. The van der Waals surface area contributed by atoms with Crippen LogP contribution in [0.5, 0.6) is 11.5 Å². The molecule has 7 heteroatoms. The molecule has 3 aromatic carbocycles. The number of benzene rings is 3. The summed E-state index contributed by atoms with van der Waals surface area (Å²) in [5, 5.41) is 0. The molecule has 3 rings (SSSR count). The summed E-state index contributed by atoms with van der Waals surface area (Å²) in [6.07, 6.45) is 0. The molecule has 0 saturated heterocycles. The van der Waals surface area contributed by atoms with Gasteiger partial charge in [-0.1, -0.05) is 66.7 Å². The lowest BCUT2D eigenvalue weighted by Gasteiger charge is -2.19. The van der Waals surface area contributed by atoms with Gasteiger partial charge in [0.2, 0.25) is 0 Å². The molecule has 0 fully saturated rings. The fraction of sp³-hybridized carbons (Fsp3) is 0.167. The van der Waals surface area contributed by atoms with Crippen molar-refractivity contribution in [1.29, 1.82) is 0 Å². The Hall–Kier alpha value is -3.37. The smallest absolute Gasteiger partial charge is 0.321 e. The van der Waals surface area contributed by atoms with Crippen molar-refractivity contribution in [2.75, 3.05) is 14.2 Å². The maximum absolute atomic E-state index is 13.5. The molecule has 2 atom stereocenters. The number of rotatable bonds is 8. The maximum atomic E-state index is 13.5. The van der Waals surface area contributed by atoms with Gasteiger partial charge in [-0.3, -0.25) is 9.59 Å². The lowest BCUT2D eigenvalue weighted by molar-refractivity contribution is -0.145. The molecule has 0 radical (unpaired) electrons. The van der Waals surface area contributed by atoms with Gasteiger partial charge in [0.05, 0.1) is 23.3 Å². The topological polar surface area (TPSA) is 78.9 Å². The second-order valence-electron chi connectivity index (χ2n) is 6.34. The van der Waals surface area contributed by atoms with Crippen LogP contribution < -0.4 is 9.47 Å². The lowest BCUT2D eigenvalue weighted by Crippen LogP contribution is -2.25. The van der Waals surface area contributed by atoms with Crippen molar-refractivity contribution in [2.45, 2.75) is 12.5 Å². The van der Waals surface area contributed by atoms with Crippen molar-refractivity contribution in [3.05, 3.63) is 95.6 Å². The number of carbonyl (C=O) groups excluding carboxylic acids is 2. The number of methoxy groups -OCH3 is 2. The summed E-state index contributed by atoms with van der Waals surface area (Å²) in [5.41, 5.74) is 1.60. The zero-order valence-electron chi connectivity index (χ0n) is 17.4. The lowest BCUT2D eigenvalue weighted by atomic mass is 9.89. The van der Waals surface area contributed by atoms with Crippen LogP contribution in [-0.2, 0) is 20.7 Å². The Morgan fingerprint density at radius 3 is 1.81 bits per heavy atom. The van der Waals surface area contributed by atoms with Crippen LogP contribution in [-0.4, -0.2) is 26.0 Å². The number of carbonyl (C=O) groups is 2. The first-order valence-corrected chi connectivity index (χ1v) is 10.0. The van der Waals surface area contributed by atoms with E-state index in [1.165, 1.54) is 14.2 Å². The van der Waals surface area contributed by atoms with E-state index in [1.807, 2.05) is 36.4 Å². The summed E-state index contributed by atoms with van der Waals surface area (Å²) in [6, 6.07) is 23.2. The van der Waals surface area contributed by atoms with Gasteiger partial charge in [-0.25, -0.2) is 0 Å². The monoisotopic (exact) mass is 440 g/mol. The Kier molecular flexibility index (Phi) is 9.53. The molecule has 0 heterocycles. The molecule has 0 N–H and O–H groups in total. The summed E-state index contributed by atoms with van der Waals surface area (Å²) in [7, 11) is 3.55. The minimum absolute atomic E-state index is 0.0827. The molecular formula is C24H25O6P. The van der Waals surface area contributed by atoms with E-state index in [2.05, 4.69) is 0 Å². The van der Waals surface area contributed by atoms with Gasteiger partial charge in [0.25, 0.3) is 0 Å². The molecule has 6 nitrogen and oxygen atoms in total. The Morgan fingerprint density at radius 2 is 1.29 bits per heavy atom. The average molecular weight is 440 g/mol. The third kappa shape index (κ3) is 6.06. The minimum atomic E-state index is -1.13. The molecule has 0 aliphatic rings. The predicted octanol–water partition coefficient (Wildman–Crippen LogP) is 4.35. The molecule has 162 valence electrons. The van der Waals surface area contributed by atoms with Crippen molar-refractivity contribution >= 4 is 20.9 Å². The van der Waals surface area contributed by atoms with Crippen LogP contribution in [0.4, 0.5) is 0 Å². The first-order chi connectivity index (χ1) is 15.2. The van der Waals surface area contributed by atoms with E-state index >= 15 is 0 Å². The number of hydrogen-bond donors (Lipinski definition) is 0. The van der Waals surface area contributed by atoms with Crippen LogP contribution in [0.25, 0.3) is 0 Å². The zero-order valence-corrected chi connectivity index (χ0v) is 18.9. The molecule has 0 bridgehead atoms. The normalized spacial score (nSPS) is 10.9. The predicted molar refractivity (Wildman–Crippen MR) is 121 cm³/mol. The Balaban J connectivity index is 0.00000166. The minimum Gasteiger partial charge on any atom is -0.496 e. The molecule has 0 aliphatic carbocycles. The van der Waals surface area contributed by atoms with E-state index in [4.69, 9.17) is 18.8 Å². The Bertz CT molecular complexity index is 969. The van der Waals surface area contributed by atoms with Crippen LogP contribution in [0.3, 0.4) is 0 Å². The second-order valence-corrected chi connectivity index (χ2v) is 6.34. The molecule has 2 unspecified atom stereocenters. The van der Waals surface area contributed by atoms with Crippen molar-refractivity contribution in [2.24, 2.45) is 0 Å². The number of hydrogen-bond acceptors (Lipinski definition) is 6. The van der Waals surface area contributed by atoms with Crippen molar-refractivity contribution in [3.8, 4) is 11.5 Å². The van der Waals surface area contributed by atoms with Gasteiger partial charge in [0.15, 0.2) is 5.78 Å². The van der Waals surface area contributed by atoms with E-state index < -0.39 is 17.7 Å². The van der Waals surface area contributed by atoms with E-state index in [-0.39, 0.29) is 12.2 Å². The summed E-state index contributed by atoms with van der Waals surface area (Å²) >= 11 is 0. The molecule has 0 amide bonds. The van der Waals surface area contributed by atoms with Crippen molar-refractivity contribution in [3.63, 3.8) is 0 Å². The fourth-order valence-corrected chi connectivity index (χ4v) is 3.09. The van der Waals surface area contributed by atoms with Gasteiger partial charge in [-0.15, -0.1) is 0 Å². The average Bonchev–Trinajstić information content (AvgIpc) is 2.84. The van der Waals surface area contributed by atoms with Crippen LogP contribution in [0.1, 0.15) is 27.4 Å². The van der Waals surface area contributed by atoms with Gasteiger partial charge >= 0.3 is 5.97 Å². The highest BCUT2D eigenvalue weighted by Crippen LogP contribution is 2.34. The quantitative estimate of drug-likeness (QED) is 0.224. The summed E-state index contributed by atoms with van der Waals surface area (Å²) in [4.78, 5) is 26.5. The van der Waals surface area contributed by atoms with Gasteiger partial charge in [0, 0.05) is 0 Å². The van der Waals surface area contributed by atoms with E-state index in [0.717, 1.165) is 5.56 Å². The molecule has 0 aliphatic heterocycles. The van der Waals surface area contributed by atoms with Crippen LogP contribution >= 0.6 is 9.12 Å². The largest absolute Gasteiger partial charge is 0.496 e. The molecular weight excluding hydrogens is 415 g/mol. The number of Topliss-reactive ketones (excluding diaryl/α,β-unsaturated/α-hetero) is 1. The van der Waals surface area contributed by atoms with E-state index in [1.54, 1.807) is 42.5 Å². The highest BCUT2D eigenvalue weighted by Gasteiger charge is 2.34. The first-order valence-electron chi connectivity index (χ1n) is 9.45. The molecule has 0 saturated carbocycles. The number of ketones is 1. The second kappa shape index (κ2) is 12.4. The fourth-order valence-electron chi connectivity index (χ4n) is 3.09. The number of esters is 1.